The van der Waals surface area contributed by atoms with Crippen molar-refractivity contribution in [2.45, 2.75) is 6.92 Å². The zero-order valence-corrected chi connectivity index (χ0v) is 11.4. The Bertz CT molecular complexity index is 225. The van der Waals surface area contributed by atoms with E-state index in [0.717, 1.165) is 0 Å². The standard InChI is InChI=1S/C2H5.2CH2FO2S.Y/c1-2;2*1-5(2,3)4;/h1H2,2H3;2*1H2;/q3*-1;+3. The Hall–Kier alpha value is 0.864. The van der Waals surface area contributed by atoms with Gasteiger partial charge in [0, 0.05) is 0 Å². The van der Waals surface area contributed by atoms with E-state index in [2.05, 4.69) is 19.4 Å². The Balaban J connectivity index is -0.0000000491. The van der Waals surface area contributed by atoms with Crippen LogP contribution in [0.25, 0.3) is 0 Å². The summed E-state index contributed by atoms with van der Waals surface area (Å²) in [7, 11) is -8.83. The van der Waals surface area contributed by atoms with E-state index in [4.69, 9.17) is 16.8 Å². The summed E-state index contributed by atoms with van der Waals surface area (Å²) in [6.07, 6.45) is 4.15. The fourth-order valence-corrected chi connectivity index (χ4v) is 0. The van der Waals surface area contributed by atoms with Crippen molar-refractivity contribution >= 4 is 20.4 Å². The predicted octanol–water partition coefficient (Wildman–Crippen LogP) is 0.992. The summed E-state index contributed by atoms with van der Waals surface area (Å²) in [5.41, 5.74) is 0. The first-order chi connectivity index (χ1) is 5.00. The van der Waals surface area contributed by atoms with E-state index in [1.807, 2.05) is 0 Å². The first kappa shape index (κ1) is 23.6. The van der Waals surface area contributed by atoms with Crippen LogP contribution in [0.15, 0.2) is 0 Å². The van der Waals surface area contributed by atoms with Crippen LogP contribution in [0.5, 0.6) is 0 Å². The van der Waals surface area contributed by atoms with Crippen LogP contribution in [0.3, 0.4) is 0 Å². The van der Waals surface area contributed by atoms with E-state index < -0.39 is 20.4 Å². The number of hydrogen-bond donors (Lipinski definition) is 0. The molecule has 4 nitrogen and oxygen atoms in total. The quantitative estimate of drug-likeness (QED) is 0.494. The number of hydrogen-bond acceptors (Lipinski definition) is 4. The molecule has 0 unspecified atom stereocenters. The van der Waals surface area contributed by atoms with Crippen molar-refractivity contribution in [3.63, 3.8) is 0 Å². The molecule has 0 aromatic carbocycles. The van der Waals surface area contributed by atoms with Gasteiger partial charge in [0.1, 0.15) is 0 Å². The predicted molar refractivity (Wildman–Crippen MR) is 41.8 cm³/mol. The topological polar surface area (TPSA) is 68.3 Å². The maximum absolute atomic E-state index is 10.5. The molecule has 0 aliphatic rings. The molecule has 0 saturated heterocycles. The van der Waals surface area contributed by atoms with Gasteiger partial charge in [-0.05, 0) is 0 Å². The van der Waals surface area contributed by atoms with Crippen molar-refractivity contribution in [1.29, 1.82) is 0 Å². The molecule has 13 heavy (non-hydrogen) atoms. The van der Waals surface area contributed by atoms with Crippen molar-refractivity contribution in [2.24, 2.45) is 0 Å². The average molecular weight is 312 g/mol. The van der Waals surface area contributed by atoms with E-state index in [9.17, 15) is 7.77 Å². The molecule has 0 heterocycles. The van der Waals surface area contributed by atoms with Gasteiger partial charge >= 0.3 is 32.7 Å². The molecule has 0 fully saturated rings. The van der Waals surface area contributed by atoms with Gasteiger partial charge in [-0.1, -0.05) is 0 Å². The molecule has 0 amide bonds. The monoisotopic (exact) mass is 312 g/mol. The summed E-state index contributed by atoms with van der Waals surface area (Å²) in [5.74, 6) is 0. The van der Waals surface area contributed by atoms with Crippen molar-refractivity contribution in [2.75, 3.05) is 0 Å². The Morgan fingerprint density at radius 3 is 0.846 bits per heavy atom. The van der Waals surface area contributed by atoms with Crippen molar-refractivity contribution in [3.8, 4) is 0 Å². The van der Waals surface area contributed by atoms with E-state index in [1.54, 1.807) is 6.92 Å². The Morgan fingerprint density at radius 2 is 0.846 bits per heavy atom. The molecule has 0 aliphatic heterocycles. The third-order valence-corrected chi connectivity index (χ3v) is 0. The van der Waals surface area contributed by atoms with Crippen LogP contribution in [0.1, 0.15) is 6.92 Å². The van der Waals surface area contributed by atoms with E-state index in [-0.39, 0.29) is 32.7 Å². The molecule has 0 saturated carbocycles. The van der Waals surface area contributed by atoms with Crippen LogP contribution in [-0.2, 0) is 53.2 Å². The summed E-state index contributed by atoms with van der Waals surface area (Å²) in [4.78, 5) is 0. The van der Waals surface area contributed by atoms with Gasteiger partial charge in [0.2, 0.25) is 0 Å². The Labute approximate surface area is 103 Å². The number of rotatable bonds is 0. The minimum Gasteiger partial charge on any atom is -0.346 e. The summed E-state index contributed by atoms with van der Waals surface area (Å²) in [5, 5.41) is 0. The van der Waals surface area contributed by atoms with Gasteiger partial charge < -0.3 is 6.92 Å². The molecule has 0 aromatic heterocycles. The molecule has 0 aliphatic carbocycles. The third kappa shape index (κ3) is 2030. The van der Waals surface area contributed by atoms with Crippen LogP contribution in [-0.4, -0.2) is 16.8 Å². The summed E-state index contributed by atoms with van der Waals surface area (Å²) in [6, 6.07) is 0. The van der Waals surface area contributed by atoms with Crippen molar-refractivity contribution in [1.82, 2.24) is 0 Å². The van der Waals surface area contributed by atoms with Crippen molar-refractivity contribution in [3.05, 3.63) is 19.4 Å². The second kappa shape index (κ2) is 10.9. The van der Waals surface area contributed by atoms with E-state index in [0.29, 0.717) is 0 Å². The molecular weight excluding hydrogens is 303 g/mol. The minimum absolute atomic E-state index is 0. The van der Waals surface area contributed by atoms with Gasteiger partial charge in [-0.25, -0.2) is 16.8 Å². The summed E-state index contributed by atoms with van der Waals surface area (Å²) < 4.78 is 56.5. The molecule has 0 bridgehead atoms. The molecule has 9 heteroatoms. The maximum atomic E-state index is 10.5. The smallest absolute Gasteiger partial charge is 0.346 e. The molecule has 0 aromatic rings. The summed E-state index contributed by atoms with van der Waals surface area (Å²) >= 11 is 0. The van der Waals surface area contributed by atoms with E-state index in [1.165, 1.54) is 0 Å². The van der Waals surface area contributed by atoms with Crippen LogP contribution < -0.4 is 0 Å². The third-order valence-electron chi connectivity index (χ3n) is 0. The van der Waals surface area contributed by atoms with E-state index >= 15 is 0 Å². The average Bonchev–Trinajstić information content (AvgIpc) is 1.59. The Kier molecular flexibility index (Phi) is 19.8. The summed E-state index contributed by atoms with van der Waals surface area (Å²) in [6.45, 7) is 5.00. The van der Waals surface area contributed by atoms with Crippen LogP contribution in [0.2, 0.25) is 0 Å². The molecule has 78 valence electrons. The molecule has 0 radical (unpaired) electrons. The molecule has 0 N–H and O–H groups in total. The van der Waals surface area contributed by atoms with Gasteiger partial charge in [0.05, 0.1) is 0 Å². The SMILES string of the molecule is [CH2-]C.[CH2-]S(=O)(=O)F.[CH2-]S(=O)(=O)F.[Y+3]. The molecule has 0 rings (SSSR count). The second-order valence-corrected chi connectivity index (χ2v) is 3.23. The zero-order valence-electron chi connectivity index (χ0n) is 6.90. The van der Waals surface area contributed by atoms with Crippen LogP contribution >= 0.6 is 0 Å². The first-order valence-electron chi connectivity index (χ1n) is 2.26. The normalized spacial score (nSPS) is 9.38. The fourth-order valence-electron chi connectivity index (χ4n) is 0. The van der Waals surface area contributed by atoms with Gasteiger partial charge in [-0.15, -0.1) is 7.77 Å². The fraction of sp³-hybridized carbons (Fsp3) is 0.250. The van der Waals surface area contributed by atoms with Crippen molar-refractivity contribution < 1.29 is 57.3 Å². The second-order valence-electron chi connectivity index (χ2n) is 1.08. The van der Waals surface area contributed by atoms with Crippen LogP contribution in [0, 0.1) is 19.4 Å². The first-order valence-corrected chi connectivity index (χ1v) is 5.36. The van der Waals surface area contributed by atoms with Gasteiger partial charge in [-0.2, -0.15) is 19.4 Å². The zero-order chi connectivity index (χ0) is 11.0. The maximum Gasteiger partial charge on any atom is 3.00 e. The van der Waals surface area contributed by atoms with Gasteiger partial charge in [0.25, 0.3) is 0 Å². The molecule has 0 spiro atoms. The molecular formula is C4H9F2O4S2Y. The Morgan fingerprint density at radius 1 is 0.846 bits per heavy atom. The minimum atomic E-state index is -4.42. The molecule has 0 atom stereocenters. The van der Waals surface area contributed by atoms with Gasteiger partial charge in [-0.3, -0.25) is 0 Å². The van der Waals surface area contributed by atoms with Crippen LogP contribution in [0.4, 0.5) is 7.77 Å². The number of halogens is 2. The largest absolute Gasteiger partial charge is 3.00 e. The van der Waals surface area contributed by atoms with Gasteiger partial charge in [0.15, 0.2) is 20.4 Å².